The van der Waals surface area contributed by atoms with Gasteiger partial charge in [-0.2, -0.15) is 0 Å². The van der Waals surface area contributed by atoms with Crippen LogP contribution in [0.25, 0.3) is 0 Å². The number of amides is 2. The van der Waals surface area contributed by atoms with Gasteiger partial charge in [0.2, 0.25) is 0 Å². The molecule has 2 amide bonds. The highest BCUT2D eigenvalue weighted by Crippen LogP contribution is 2.29. The van der Waals surface area contributed by atoms with E-state index in [4.69, 9.17) is 9.47 Å². The van der Waals surface area contributed by atoms with E-state index in [0.717, 1.165) is 45.4 Å². The summed E-state index contributed by atoms with van der Waals surface area (Å²) < 4.78 is 11.5. The Labute approximate surface area is 198 Å². The summed E-state index contributed by atoms with van der Waals surface area (Å²) in [4.78, 5) is 29.7. The van der Waals surface area contributed by atoms with Gasteiger partial charge in [0.1, 0.15) is 0 Å². The molecule has 1 aromatic rings. The van der Waals surface area contributed by atoms with Crippen LogP contribution >= 0.6 is 0 Å². The number of rotatable bonds is 11. The maximum absolute atomic E-state index is 12.9. The minimum Gasteiger partial charge on any atom is -0.490 e. The van der Waals surface area contributed by atoms with Crippen LogP contribution in [0.3, 0.4) is 0 Å². The van der Waals surface area contributed by atoms with E-state index in [2.05, 4.69) is 17.1 Å². The molecule has 7 heteroatoms. The number of likely N-dealkylation sites (tertiary alicyclic amines) is 2. The monoisotopic (exact) mass is 459 g/mol. The fraction of sp³-hybridized carbons (Fsp3) is 0.692. The van der Waals surface area contributed by atoms with Crippen LogP contribution in [-0.2, 0) is 4.79 Å². The zero-order valence-corrected chi connectivity index (χ0v) is 20.4. The van der Waals surface area contributed by atoms with Gasteiger partial charge in [-0.3, -0.25) is 14.5 Å². The van der Waals surface area contributed by atoms with E-state index in [1.54, 1.807) is 18.2 Å². The van der Waals surface area contributed by atoms with Gasteiger partial charge in [0.15, 0.2) is 18.1 Å². The first-order valence-electron chi connectivity index (χ1n) is 12.8. The predicted octanol–water partition coefficient (Wildman–Crippen LogP) is 3.86. The van der Waals surface area contributed by atoms with Crippen molar-refractivity contribution in [3.8, 4) is 11.5 Å². The van der Waals surface area contributed by atoms with Crippen LogP contribution < -0.4 is 14.8 Å². The lowest BCUT2D eigenvalue weighted by molar-refractivity contribution is -0.134. The van der Waals surface area contributed by atoms with Gasteiger partial charge in [0.05, 0.1) is 6.61 Å². The topological polar surface area (TPSA) is 71.1 Å². The molecule has 0 spiro atoms. The van der Waals surface area contributed by atoms with Crippen molar-refractivity contribution in [1.29, 1.82) is 0 Å². The van der Waals surface area contributed by atoms with Gasteiger partial charge in [-0.25, -0.2) is 0 Å². The Morgan fingerprint density at radius 1 is 1.00 bits per heavy atom. The maximum atomic E-state index is 12.9. The number of carbonyl (C=O) groups is 2. The predicted molar refractivity (Wildman–Crippen MR) is 130 cm³/mol. The van der Waals surface area contributed by atoms with Gasteiger partial charge in [-0.1, -0.05) is 19.8 Å². The van der Waals surface area contributed by atoms with E-state index < -0.39 is 0 Å². The number of piperidine rings is 2. The second-order valence-electron chi connectivity index (χ2n) is 9.07. The van der Waals surface area contributed by atoms with Crippen LogP contribution in [0.1, 0.15) is 75.6 Å². The molecule has 1 aromatic carbocycles. The molecule has 2 saturated heterocycles. The van der Waals surface area contributed by atoms with Gasteiger partial charge in [-0.15, -0.1) is 0 Å². The molecule has 0 radical (unpaired) electrons. The maximum Gasteiger partial charge on any atom is 0.260 e. The Bertz CT molecular complexity index is 764. The highest BCUT2D eigenvalue weighted by atomic mass is 16.5. The molecular weight excluding hydrogens is 418 g/mol. The number of carbonyl (C=O) groups excluding carboxylic acids is 2. The van der Waals surface area contributed by atoms with Crippen LogP contribution in [-0.4, -0.2) is 73.6 Å². The molecule has 2 aliphatic heterocycles. The highest BCUT2D eigenvalue weighted by molar-refractivity contribution is 5.95. The Morgan fingerprint density at radius 3 is 2.55 bits per heavy atom. The second-order valence-corrected chi connectivity index (χ2v) is 9.07. The van der Waals surface area contributed by atoms with Crippen molar-refractivity contribution in [2.24, 2.45) is 0 Å². The molecule has 3 rings (SSSR count). The number of hydrogen-bond acceptors (Lipinski definition) is 5. The molecular formula is C26H41N3O4. The van der Waals surface area contributed by atoms with E-state index in [1.165, 1.54) is 32.1 Å². The Hall–Kier alpha value is -2.28. The molecule has 1 atom stereocenters. The summed E-state index contributed by atoms with van der Waals surface area (Å²) in [5, 5.41) is 3.12. The van der Waals surface area contributed by atoms with Crippen LogP contribution in [0.4, 0.5) is 0 Å². The summed E-state index contributed by atoms with van der Waals surface area (Å²) in [5.74, 6) is 0.891. The molecule has 0 bridgehead atoms. The van der Waals surface area contributed by atoms with Crippen molar-refractivity contribution < 1.29 is 19.1 Å². The molecule has 184 valence electrons. The minimum atomic E-state index is -0.104. The summed E-state index contributed by atoms with van der Waals surface area (Å²) in [6.07, 6.45) is 9.27. The lowest BCUT2D eigenvalue weighted by atomic mass is 10.0. The summed E-state index contributed by atoms with van der Waals surface area (Å²) in [6, 6.07) is 5.60. The van der Waals surface area contributed by atoms with Gasteiger partial charge in [-0.05, 0) is 76.7 Å². The summed E-state index contributed by atoms with van der Waals surface area (Å²) in [5.41, 5.74) is 0.545. The van der Waals surface area contributed by atoms with Crippen LogP contribution in [0.2, 0.25) is 0 Å². The highest BCUT2D eigenvalue weighted by Gasteiger charge is 2.23. The number of benzene rings is 1. The Kier molecular flexibility index (Phi) is 10.3. The van der Waals surface area contributed by atoms with Gasteiger partial charge >= 0.3 is 0 Å². The van der Waals surface area contributed by atoms with E-state index >= 15 is 0 Å². The quantitative estimate of drug-likeness (QED) is 0.544. The van der Waals surface area contributed by atoms with E-state index in [1.807, 2.05) is 11.8 Å². The molecule has 2 heterocycles. The van der Waals surface area contributed by atoms with Crippen molar-refractivity contribution in [3.05, 3.63) is 23.8 Å². The van der Waals surface area contributed by atoms with Crippen molar-refractivity contribution in [1.82, 2.24) is 15.1 Å². The summed E-state index contributed by atoms with van der Waals surface area (Å²) >= 11 is 0. The normalized spacial score (nSPS) is 19.2. The fourth-order valence-electron chi connectivity index (χ4n) is 4.67. The molecule has 0 aromatic heterocycles. The lowest BCUT2D eigenvalue weighted by Crippen LogP contribution is -2.47. The average molecular weight is 460 g/mol. The molecule has 2 fully saturated rings. The SMILES string of the molecule is CCCCN1CCCCC1CNC(=O)c1ccc(OCC(=O)N2CCCCC2)c(OCC)c1. The third-order valence-corrected chi connectivity index (χ3v) is 6.61. The number of hydrogen-bond donors (Lipinski definition) is 1. The molecule has 0 saturated carbocycles. The lowest BCUT2D eigenvalue weighted by Gasteiger charge is -2.35. The molecule has 2 aliphatic rings. The van der Waals surface area contributed by atoms with Crippen LogP contribution in [0.5, 0.6) is 11.5 Å². The second kappa shape index (κ2) is 13.4. The van der Waals surface area contributed by atoms with E-state index in [9.17, 15) is 9.59 Å². The Balaban J connectivity index is 1.56. The standard InChI is InChI=1S/C26H41N3O4/c1-3-5-14-28-15-10-7-11-22(28)19-27-26(31)21-12-13-23(24(18-21)32-4-2)33-20-25(30)29-16-8-6-9-17-29/h12-13,18,22H,3-11,14-17,19-20H2,1-2H3,(H,27,31). The third-order valence-electron chi connectivity index (χ3n) is 6.61. The van der Waals surface area contributed by atoms with Gasteiger partial charge < -0.3 is 19.7 Å². The Morgan fingerprint density at radius 2 is 1.79 bits per heavy atom. The first-order valence-corrected chi connectivity index (χ1v) is 12.8. The molecule has 1 N–H and O–H groups in total. The number of nitrogens with zero attached hydrogens (tertiary/aromatic N) is 2. The van der Waals surface area contributed by atoms with Gasteiger partial charge in [0, 0.05) is 31.2 Å². The molecule has 0 aliphatic carbocycles. The van der Waals surface area contributed by atoms with E-state index in [-0.39, 0.29) is 18.4 Å². The molecule has 7 nitrogen and oxygen atoms in total. The van der Waals surface area contributed by atoms with Crippen molar-refractivity contribution in [3.63, 3.8) is 0 Å². The van der Waals surface area contributed by atoms with E-state index in [0.29, 0.717) is 36.3 Å². The first kappa shape index (κ1) is 25.3. The summed E-state index contributed by atoms with van der Waals surface area (Å²) in [7, 11) is 0. The van der Waals surface area contributed by atoms with Crippen molar-refractivity contribution in [2.45, 2.75) is 71.3 Å². The number of nitrogens with one attached hydrogen (secondary N) is 1. The minimum absolute atomic E-state index is 0.000854. The van der Waals surface area contributed by atoms with Crippen LogP contribution in [0, 0.1) is 0 Å². The third kappa shape index (κ3) is 7.63. The zero-order valence-electron chi connectivity index (χ0n) is 20.4. The smallest absolute Gasteiger partial charge is 0.260 e. The van der Waals surface area contributed by atoms with Crippen molar-refractivity contribution in [2.75, 3.05) is 45.9 Å². The molecule has 33 heavy (non-hydrogen) atoms. The first-order chi connectivity index (χ1) is 16.1. The van der Waals surface area contributed by atoms with Crippen LogP contribution in [0.15, 0.2) is 18.2 Å². The van der Waals surface area contributed by atoms with Crippen molar-refractivity contribution >= 4 is 11.8 Å². The number of unbranched alkanes of at least 4 members (excludes halogenated alkanes) is 1. The average Bonchev–Trinajstić information content (AvgIpc) is 2.86. The molecule has 1 unspecified atom stereocenters. The largest absolute Gasteiger partial charge is 0.490 e. The zero-order chi connectivity index (χ0) is 23.5. The van der Waals surface area contributed by atoms with Gasteiger partial charge in [0.25, 0.3) is 11.8 Å². The fourth-order valence-corrected chi connectivity index (χ4v) is 4.67. The summed E-state index contributed by atoms with van der Waals surface area (Å²) in [6.45, 7) is 9.04. The number of ether oxygens (including phenoxy) is 2.